The number of phenols is 1. The summed E-state index contributed by atoms with van der Waals surface area (Å²) in [6, 6.07) is 10.6. The molecule has 7 nitrogen and oxygen atoms in total. The topological polar surface area (TPSA) is 102 Å². The molecule has 176 valence electrons. The van der Waals surface area contributed by atoms with Gasteiger partial charge in [0.15, 0.2) is 0 Å². The summed E-state index contributed by atoms with van der Waals surface area (Å²) in [7, 11) is 1.54. The van der Waals surface area contributed by atoms with Crippen molar-refractivity contribution in [2.24, 2.45) is 0 Å². The molecule has 0 amide bonds. The molecule has 0 saturated heterocycles. The third kappa shape index (κ3) is 4.38. The molecule has 0 fully saturated rings. The number of ether oxygens (including phenoxy) is 2. The Balaban J connectivity index is 1.84. The summed E-state index contributed by atoms with van der Waals surface area (Å²) in [4.78, 5) is 22.6. The molecule has 0 spiro atoms. The van der Waals surface area contributed by atoms with Crippen LogP contribution in [0.25, 0.3) is 21.3 Å². The van der Waals surface area contributed by atoms with Gasteiger partial charge < -0.3 is 19.7 Å². The van der Waals surface area contributed by atoms with Crippen molar-refractivity contribution in [2.45, 2.75) is 32.8 Å². The van der Waals surface area contributed by atoms with Crippen molar-refractivity contribution in [1.82, 2.24) is 9.97 Å². The van der Waals surface area contributed by atoms with E-state index in [4.69, 9.17) is 21.1 Å². The number of carboxylic acids is 1. The highest BCUT2D eigenvalue weighted by Crippen LogP contribution is 2.45. The fraction of sp³-hybridized carbons (Fsp3) is 0.240. The Kier molecular flexibility index (Phi) is 6.90. The van der Waals surface area contributed by atoms with Crippen molar-refractivity contribution >= 4 is 39.1 Å². The summed E-state index contributed by atoms with van der Waals surface area (Å²) >= 11 is 7.83. The SMILES string of the molecule is CCc1sc2ncnc(O[C@H](Cc3ccccc3OC)C(=O)O)c2c1-c1ccc(O)c(Cl)c1C. The van der Waals surface area contributed by atoms with Gasteiger partial charge in [-0.05, 0) is 42.2 Å². The molecule has 2 heterocycles. The van der Waals surface area contributed by atoms with Crippen LogP contribution in [0.3, 0.4) is 0 Å². The van der Waals surface area contributed by atoms with Crippen LogP contribution in [0.4, 0.5) is 0 Å². The second-order valence-corrected chi connectivity index (χ2v) is 9.11. The number of methoxy groups -OCH3 is 1. The minimum Gasteiger partial charge on any atom is -0.506 e. The second-order valence-electron chi connectivity index (χ2n) is 7.64. The third-order valence-electron chi connectivity index (χ3n) is 5.61. The normalized spacial score (nSPS) is 12.0. The molecule has 0 radical (unpaired) electrons. The number of carbonyl (C=O) groups is 1. The number of rotatable bonds is 8. The fourth-order valence-electron chi connectivity index (χ4n) is 3.90. The molecule has 0 saturated carbocycles. The molecule has 4 rings (SSSR count). The standard InChI is InChI=1S/C25H23ClN2O5S/c1-4-19-20(15-9-10-16(29)22(26)13(15)2)21-23(27-12-28-24(21)34-19)33-18(25(30)31)11-14-7-5-6-8-17(14)32-3/h5-10,12,18,29H,4,11H2,1-3H3,(H,30,31)/t18-/m1/s1. The number of thiophene rings is 1. The number of carboxylic acid groups (broad SMARTS) is 1. The number of phenolic OH excluding ortho intramolecular Hbond substituents is 1. The zero-order valence-electron chi connectivity index (χ0n) is 18.8. The van der Waals surface area contributed by atoms with Crippen LogP contribution in [0, 0.1) is 6.92 Å². The predicted octanol–water partition coefficient (Wildman–Crippen LogP) is 5.67. The number of nitrogens with zero attached hydrogens (tertiary/aromatic N) is 2. The lowest BCUT2D eigenvalue weighted by Crippen LogP contribution is -2.30. The number of aromatic hydroxyl groups is 1. The van der Waals surface area contributed by atoms with Gasteiger partial charge in [0.25, 0.3) is 0 Å². The first-order chi connectivity index (χ1) is 16.3. The van der Waals surface area contributed by atoms with Crippen molar-refractivity contribution < 1.29 is 24.5 Å². The van der Waals surface area contributed by atoms with Crippen molar-refractivity contribution in [3.8, 4) is 28.5 Å². The Bertz CT molecular complexity index is 1370. The van der Waals surface area contributed by atoms with Crippen LogP contribution < -0.4 is 9.47 Å². The van der Waals surface area contributed by atoms with E-state index in [0.29, 0.717) is 27.1 Å². The fourth-order valence-corrected chi connectivity index (χ4v) is 5.15. The van der Waals surface area contributed by atoms with Gasteiger partial charge in [-0.3, -0.25) is 0 Å². The van der Waals surface area contributed by atoms with Gasteiger partial charge in [-0.2, -0.15) is 0 Å². The van der Waals surface area contributed by atoms with Gasteiger partial charge in [-0.15, -0.1) is 11.3 Å². The Labute approximate surface area is 205 Å². The highest BCUT2D eigenvalue weighted by molar-refractivity contribution is 7.19. The van der Waals surface area contributed by atoms with Gasteiger partial charge in [-0.1, -0.05) is 42.8 Å². The highest BCUT2D eigenvalue weighted by Gasteiger charge is 2.27. The Hall–Kier alpha value is -3.36. The molecule has 9 heteroatoms. The molecule has 1 atom stereocenters. The van der Waals surface area contributed by atoms with E-state index in [0.717, 1.165) is 22.4 Å². The largest absolute Gasteiger partial charge is 0.506 e. The number of aromatic nitrogens is 2. The maximum Gasteiger partial charge on any atom is 0.345 e. The number of fused-ring (bicyclic) bond motifs is 1. The maximum absolute atomic E-state index is 12.1. The van der Waals surface area contributed by atoms with E-state index in [2.05, 4.69) is 9.97 Å². The first kappa shape index (κ1) is 23.8. The molecule has 2 aromatic heterocycles. The number of aryl methyl sites for hydroxylation is 1. The lowest BCUT2D eigenvalue weighted by Gasteiger charge is -2.17. The van der Waals surface area contributed by atoms with Crippen molar-refractivity contribution in [3.63, 3.8) is 0 Å². The quantitative estimate of drug-likeness (QED) is 0.322. The summed E-state index contributed by atoms with van der Waals surface area (Å²) in [5.41, 5.74) is 3.06. The second kappa shape index (κ2) is 9.87. The van der Waals surface area contributed by atoms with Crippen LogP contribution in [0.2, 0.25) is 5.02 Å². The van der Waals surface area contributed by atoms with E-state index >= 15 is 0 Å². The van der Waals surface area contributed by atoms with Gasteiger partial charge >= 0.3 is 5.97 Å². The minimum atomic E-state index is -1.20. The van der Waals surface area contributed by atoms with Crippen LogP contribution in [0.1, 0.15) is 22.9 Å². The summed E-state index contributed by atoms with van der Waals surface area (Å²) in [5, 5.41) is 20.8. The lowest BCUT2D eigenvalue weighted by molar-refractivity contribution is -0.145. The number of benzene rings is 2. The van der Waals surface area contributed by atoms with Crippen molar-refractivity contribution in [1.29, 1.82) is 0 Å². The third-order valence-corrected chi connectivity index (χ3v) is 7.33. The lowest BCUT2D eigenvalue weighted by atomic mass is 9.97. The number of halogens is 1. The first-order valence-corrected chi connectivity index (χ1v) is 11.8. The maximum atomic E-state index is 12.1. The van der Waals surface area contributed by atoms with E-state index in [9.17, 15) is 15.0 Å². The monoisotopic (exact) mass is 498 g/mol. The molecule has 0 aliphatic carbocycles. The number of hydrogen-bond acceptors (Lipinski definition) is 7. The summed E-state index contributed by atoms with van der Waals surface area (Å²) in [6.45, 7) is 3.85. The van der Waals surface area contributed by atoms with Gasteiger partial charge in [0.1, 0.15) is 22.7 Å². The number of hydrogen-bond donors (Lipinski definition) is 2. The van der Waals surface area contributed by atoms with E-state index < -0.39 is 12.1 Å². The van der Waals surface area contributed by atoms with E-state index in [1.165, 1.54) is 17.7 Å². The molecule has 0 aliphatic heterocycles. The van der Waals surface area contributed by atoms with Crippen molar-refractivity contribution in [3.05, 3.63) is 63.8 Å². The number of aliphatic carboxylic acids is 1. The zero-order valence-corrected chi connectivity index (χ0v) is 20.4. The average Bonchev–Trinajstić information content (AvgIpc) is 3.22. The van der Waals surface area contributed by atoms with Crippen LogP contribution in [0.15, 0.2) is 42.7 Å². The molecule has 2 N–H and O–H groups in total. The minimum absolute atomic E-state index is 0.00373. The van der Waals surface area contributed by atoms with Gasteiger partial charge in [-0.25, -0.2) is 14.8 Å². The summed E-state index contributed by atoms with van der Waals surface area (Å²) in [5.74, 6) is -0.351. The smallest absolute Gasteiger partial charge is 0.345 e. The Morgan fingerprint density at radius 1 is 1.21 bits per heavy atom. The predicted molar refractivity (Wildman–Crippen MR) is 132 cm³/mol. The van der Waals surface area contributed by atoms with Crippen LogP contribution >= 0.6 is 22.9 Å². The summed E-state index contributed by atoms with van der Waals surface area (Å²) < 4.78 is 11.4. The molecular formula is C25H23ClN2O5S. The van der Waals surface area contributed by atoms with Crippen molar-refractivity contribution in [2.75, 3.05) is 7.11 Å². The molecular weight excluding hydrogens is 476 g/mol. The molecule has 0 unspecified atom stereocenters. The molecule has 34 heavy (non-hydrogen) atoms. The van der Waals surface area contributed by atoms with E-state index in [-0.39, 0.29) is 23.1 Å². The molecule has 0 aliphatic rings. The Morgan fingerprint density at radius 2 is 1.97 bits per heavy atom. The molecule has 4 aromatic rings. The summed E-state index contributed by atoms with van der Waals surface area (Å²) in [6.07, 6.45) is 0.985. The van der Waals surface area contributed by atoms with Gasteiger partial charge in [0.2, 0.25) is 12.0 Å². The highest BCUT2D eigenvalue weighted by atomic mass is 35.5. The van der Waals surface area contributed by atoms with Crippen LogP contribution in [0.5, 0.6) is 17.4 Å². The molecule has 0 bridgehead atoms. The first-order valence-electron chi connectivity index (χ1n) is 10.6. The average molecular weight is 499 g/mol. The molecule has 2 aromatic carbocycles. The van der Waals surface area contributed by atoms with Gasteiger partial charge in [0, 0.05) is 16.9 Å². The zero-order chi connectivity index (χ0) is 24.4. The van der Waals surface area contributed by atoms with Crippen LogP contribution in [-0.2, 0) is 17.6 Å². The van der Waals surface area contributed by atoms with E-state index in [1.54, 1.807) is 31.4 Å². The Morgan fingerprint density at radius 3 is 2.68 bits per heavy atom. The van der Waals surface area contributed by atoms with Gasteiger partial charge in [0.05, 0.1) is 17.5 Å². The number of para-hydroxylation sites is 1. The van der Waals surface area contributed by atoms with Crippen LogP contribution in [-0.4, -0.2) is 39.4 Å². The van der Waals surface area contributed by atoms with E-state index in [1.807, 2.05) is 26.0 Å².